The maximum absolute atomic E-state index is 12.9. The van der Waals surface area contributed by atoms with Crippen LogP contribution in [0.5, 0.6) is 5.75 Å². The molecule has 5 nitrogen and oxygen atoms in total. The van der Waals surface area contributed by atoms with Crippen LogP contribution in [-0.4, -0.2) is 34.2 Å². The summed E-state index contributed by atoms with van der Waals surface area (Å²) in [6, 6.07) is 24.9. The van der Waals surface area contributed by atoms with Gasteiger partial charge in [0.25, 0.3) is 11.8 Å². The van der Waals surface area contributed by atoms with E-state index >= 15 is 0 Å². The van der Waals surface area contributed by atoms with Crippen LogP contribution in [0.4, 0.5) is 5.69 Å². The number of carbonyl (C=O) groups excluding carboxylic acids is 2. The van der Waals surface area contributed by atoms with E-state index in [-0.39, 0.29) is 18.4 Å². The van der Waals surface area contributed by atoms with Gasteiger partial charge >= 0.3 is 0 Å². The molecule has 1 heterocycles. The van der Waals surface area contributed by atoms with Gasteiger partial charge in [-0.3, -0.25) is 14.5 Å². The second kappa shape index (κ2) is 11.1. The molecule has 7 heteroatoms. The summed E-state index contributed by atoms with van der Waals surface area (Å²) in [5.41, 5.74) is 3.77. The van der Waals surface area contributed by atoms with Crippen LogP contribution in [-0.2, 0) is 16.0 Å². The zero-order chi connectivity index (χ0) is 23.9. The third-order valence-corrected chi connectivity index (χ3v) is 6.55. The number of thiocarbonyl (C=S) groups is 1. The average Bonchev–Trinajstić information content (AvgIpc) is 3.09. The number of nitrogens with zero attached hydrogens (tertiary/aromatic N) is 1. The first-order chi connectivity index (χ1) is 16.5. The Balaban J connectivity index is 1.35. The molecule has 0 aliphatic carbocycles. The van der Waals surface area contributed by atoms with Crippen molar-refractivity contribution in [2.24, 2.45) is 0 Å². The molecular weight excluding hydrogens is 464 g/mol. The van der Waals surface area contributed by atoms with Crippen LogP contribution in [0.15, 0.2) is 83.8 Å². The summed E-state index contributed by atoms with van der Waals surface area (Å²) >= 11 is 6.74. The number of ether oxygens (including phenoxy) is 1. The van der Waals surface area contributed by atoms with E-state index in [1.54, 1.807) is 17.0 Å². The number of anilines is 1. The van der Waals surface area contributed by atoms with E-state index in [0.717, 1.165) is 28.8 Å². The molecule has 1 fully saturated rings. The Hall–Kier alpha value is -3.42. The minimum absolute atomic E-state index is 0.0882. The molecule has 0 saturated carbocycles. The molecule has 0 radical (unpaired) electrons. The van der Waals surface area contributed by atoms with E-state index in [9.17, 15) is 9.59 Å². The van der Waals surface area contributed by atoms with Gasteiger partial charge < -0.3 is 10.1 Å². The molecule has 4 rings (SSSR count). The van der Waals surface area contributed by atoms with Crippen molar-refractivity contribution >= 4 is 51.9 Å². The van der Waals surface area contributed by atoms with Crippen LogP contribution in [0.3, 0.4) is 0 Å². The molecule has 3 aromatic rings. The third kappa shape index (κ3) is 6.34. The number of aryl methyl sites for hydroxylation is 1. The fraction of sp³-hybridized carbons (Fsp3) is 0.148. The van der Waals surface area contributed by atoms with Gasteiger partial charge in [-0.2, -0.15) is 0 Å². The lowest BCUT2D eigenvalue weighted by molar-refractivity contribution is -0.122. The molecule has 1 aliphatic heterocycles. The van der Waals surface area contributed by atoms with Crippen molar-refractivity contribution in [2.45, 2.75) is 13.3 Å². The molecule has 0 atom stereocenters. The maximum atomic E-state index is 12.9. The number of amides is 2. The number of benzene rings is 3. The lowest BCUT2D eigenvalue weighted by Gasteiger charge is -2.14. The zero-order valence-corrected chi connectivity index (χ0v) is 20.3. The zero-order valence-electron chi connectivity index (χ0n) is 18.7. The number of nitrogens with one attached hydrogen (secondary N) is 1. The normalized spacial score (nSPS) is 14.5. The van der Waals surface area contributed by atoms with Gasteiger partial charge in [0.1, 0.15) is 10.1 Å². The quantitative estimate of drug-likeness (QED) is 0.337. The van der Waals surface area contributed by atoms with E-state index in [4.69, 9.17) is 17.0 Å². The van der Waals surface area contributed by atoms with Gasteiger partial charge in [-0.1, -0.05) is 78.6 Å². The van der Waals surface area contributed by atoms with Crippen molar-refractivity contribution in [3.05, 3.63) is 100 Å². The standard InChI is InChI=1S/C27H24N2O3S2/c1-19-7-5-11-22(15-19)28-25(30)18-32-23-12-6-10-21(16-23)17-24-26(31)29(27(33)34-24)14-13-20-8-3-2-4-9-20/h2-12,15-17H,13-14,18H2,1H3,(H,28,30)/b24-17-. The van der Waals surface area contributed by atoms with Crippen LogP contribution in [0.2, 0.25) is 0 Å². The highest BCUT2D eigenvalue weighted by molar-refractivity contribution is 8.26. The molecule has 2 amide bonds. The molecule has 0 aromatic heterocycles. The van der Waals surface area contributed by atoms with Gasteiger partial charge in [0.05, 0.1) is 4.91 Å². The molecular formula is C27H24N2O3S2. The Bertz CT molecular complexity index is 1240. The van der Waals surface area contributed by atoms with E-state index in [1.165, 1.54) is 11.8 Å². The van der Waals surface area contributed by atoms with E-state index in [2.05, 4.69) is 5.32 Å². The Morgan fingerprint density at radius 2 is 1.85 bits per heavy atom. The third-order valence-electron chi connectivity index (χ3n) is 5.17. The summed E-state index contributed by atoms with van der Waals surface area (Å²) in [6.07, 6.45) is 2.55. The van der Waals surface area contributed by atoms with Gasteiger partial charge in [0, 0.05) is 12.2 Å². The number of thioether (sulfide) groups is 1. The molecule has 1 saturated heterocycles. The number of rotatable bonds is 8. The Morgan fingerprint density at radius 1 is 1.06 bits per heavy atom. The highest BCUT2D eigenvalue weighted by Gasteiger charge is 2.31. The Kier molecular flexibility index (Phi) is 7.77. The van der Waals surface area contributed by atoms with Gasteiger partial charge in [0.2, 0.25) is 0 Å². The molecule has 34 heavy (non-hydrogen) atoms. The summed E-state index contributed by atoms with van der Waals surface area (Å²) in [7, 11) is 0. The second-order valence-corrected chi connectivity index (χ2v) is 9.52. The molecule has 1 N–H and O–H groups in total. The first-order valence-electron chi connectivity index (χ1n) is 10.9. The second-order valence-electron chi connectivity index (χ2n) is 7.85. The Labute approximate surface area is 208 Å². The van der Waals surface area contributed by atoms with E-state index < -0.39 is 0 Å². The summed E-state index contributed by atoms with van der Waals surface area (Å²) < 4.78 is 6.23. The van der Waals surface area contributed by atoms with Crippen LogP contribution < -0.4 is 10.1 Å². The largest absolute Gasteiger partial charge is 0.484 e. The fourth-order valence-corrected chi connectivity index (χ4v) is 4.80. The highest BCUT2D eigenvalue weighted by atomic mass is 32.2. The monoisotopic (exact) mass is 488 g/mol. The number of hydrogen-bond acceptors (Lipinski definition) is 5. The number of carbonyl (C=O) groups is 2. The topological polar surface area (TPSA) is 58.6 Å². The van der Waals surface area contributed by atoms with Gasteiger partial charge in [-0.25, -0.2) is 0 Å². The summed E-state index contributed by atoms with van der Waals surface area (Å²) in [4.78, 5) is 27.4. The summed E-state index contributed by atoms with van der Waals surface area (Å²) in [6.45, 7) is 2.40. The average molecular weight is 489 g/mol. The van der Waals surface area contributed by atoms with Crippen molar-refractivity contribution in [1.29, 1.82) is 0 Å². The molecule has 3 aromatic carbocycles. The van der Waals surface area contributed by atoms with Crippen molar-refractivity contribution in [2.75, 3.05) is 18.5 Å². The first-order valence-corrected chi connectivity index (χ1v) is 12.1. The summed E-state index contributed by atoms with van der Waals surface area (Å²) in [5, 5.41) is 2.82. The predicted octanol–water partition coefficient (Wildman–Crippen LogP) is 5.46. The van der Waals surface area contributed by atoms with E-state index in [1.807, 2.05) is 79.7 Å². The minimum atomic E-state index is -0.240. The lowest BCUT2D eigenvalue weighted by Crippen LogP contribution is -2.30. The van der Waals surface area contributed by atoms with Crippen molar-refractivity contribution in [3.63, 3.8) is 0 Å². The molecule has 0 bridgehead atoms. The van der Waals surface area contributed by atoms with Crippen LogP contribution >= 0.6 is 24.0 Å². The Morgan fingerprint density at radius 3 is 2.65 bits per heavy atom. The van der Waals surface area contributed by atoms with Crippen LogP contribution in [0, 0.1) is 6.92 Å². The molecule has 0 unspecified atom stereocenters. The van der Waals surface area contributed by atoms with Gasteiger partial charge in [-0.15, -0.1) is 0 Å². The molecule has 172 valence electrons. The first kappa shape index (κ1) is 23.7. The number of hydrogen-bond donors (Lipinski definition) is 1. The summed E-state index contributed by atoms with van der Waals surface area (Å²) in [5.74, 6) is 0.220. The minimum Gasteiger partial charge on any atom is -0.484 e. The predicted molar refractivity (Wildman–Crippen MR) is 142 cm³/mol. The lowest BCUT2D eigenvalue weighted by atomic mass is 10.1. The van der Waals surface area contributed by atoms with E-state index in [0.29, 0.717) is 21.5 Å². The van der Waals surface area contributed by atoms with Crippen molar-refractivity contribution in [1.82, 2.24) is 4.90 Å². The molecule has 1 aliphatic rings. The van der Waals surface area contributed by atoms with Crippen molar-refractivity contribution < 1.29 is 14.3 Å². The SMILES string of the molecule is Cc1cccc(NC(=O)COc2cccc(/C=C3\SC(=S)N(CCc4ccccc4)C3=O)c2)c1. The van der Waals surface area contributed by atoms with Gasteiger partial charge in [-0.05, 0) is 60.4 Å². The van der Waals surface area contributed by atoms with Crippen molar-refractivity contribution in [3.8, 4) is 5.75 Å². The maximum Gasteiger partial charge on any atom is 0.266 e. The van der Waals surface area contributed by atoms with Gasteiger partial charge in [0.15, 0.2) is 6.61 Å². The van der Waals surface area contributed by atoms with Crippen LogP contribution in [0.1, 0.15) is 16.7 Å². The van der Waals surface area contributed by atoms with Crippen LogP contribution in [0.25, 0.3) is 6.08 Å². The smallest absolute Gasteiger partial charge is 0.266 e. The molecule has 0 spiro atoms. The highest BCUT2D eigenvalue weighted by Crippen LogP contribution is 2.33. The fourth-order valence-electron chi connectivity index (χ4n) is 3.49.